The third-order valence-electron chi connectivity index (χ3n) is 4.22. The number of ether oxygens (including phenoxy) is 2. The molecule has 1 unspecified atom stereocenters. The SMILES string of the molecule is COc1nc(-c2ccc(Cl)c(Cl)c2)n(-c2ccc(NCC(O)COC(C)C)cc2)n1. The first-order valence-corrected chi connectivity index (χ1v) is 10.2. The maximum absolute atomic E-state index is 9.98. The van der Waals surface area contributed by atoms with Gasteiger partial charge in [-0.3, -0.25) is 0 Å². The minimum atomic E-state index is -0.590. The van der Waals surface area contributed by atoms with Gasteiger partial charge < -0.3 is 19.9 Å². The van der Waals surface area contributed by atoms with Gasteiger partial charge in [0.2, 0.25) is 0 Å². The minimum absolute atomic E-state index is 0.0864. The van der Waals surface area contributed by atoms with E-state index in [1.54, 1.807) is 16.8 Å². The van der Waals surface area contributed by atoms with E-state index in [1.165, 1.54) is 7.11 Å². The highest BCUT2D eigenvalue weighted by Crippen LogP contribution is 2.30. The quantitative estimate of drug-likeness (QED) is 0.501. The van der Waals surface area contributed by atoms with Gasteiger partial charge in [-0.15, -0.1) is 5.10 Å². The number of anilines is 1. The first kappa shape index (κ1) is 22.4. The number of aliphatic hydroxyl groups excluding tert-OH is 1. The molecule has 2 aromatic carbocycles. The van der Waals surface area contributed by atoms with Gasteiger partial charge in [0.05, 0.1) is 41.7 Å². The Bertz CT molecular complexity index is 977. The van der Waals surface area contributed by atoms with E-state index >= 15 is 0 Å². The van der Waals surface area contributed by atoms with Crippen LogP contribution in [-0.2, 0) is 4.74 Å². The van der Waals surface area contributed by atoms with Crippen LogP contribution in [0.5, 0.6) is 6.01 Å². The molecule has 0 aliphatic rings. The molecule has 7 nitrogen and oxygen atoms in total. The second kappa shape index (κ2) is 10.1. The van der Waals surface area contributed by atoms with Crippen molar-refractivity contribution < 1.29 is 14.6 Å². The molecular formula is C21H24Cl2N4O3. The van der Waals surface area contributed by atoms with Crippen molar-refractivity contribution in [2.75, 3.05) is 25.6 Å². The van der Waals surface area contributed by atoms with Gasteiger partial charge in [-0.05, 0) is 56.3 Å². The number of hydrogen-bond acceptors (Lipinski definition) is 6. The van der Waals surface area contributed by atoms with E-state index in [1.807, 2.05) is 44.2 Å². The Morgan fingerprint density at radius 2 is 1.83 bits per heavy atom. The molecule has 0 amide bonds. The first-order chi connectivity index (χ1) is 14.4. The number of nitrogens with zero attached hydrogens (tertiary/aromatic N) is 3. The summed E-state index contributed by atoms with van der Waals surface area (Å²) in [6.07, 6.45) is -0.503. The van der Waals surface area contributed by atoms with Crippen LogP contribution in [0, 0.1) is 0 Å². The number of nitrogens with one attached hydrogen (secondary N) is 1. The molecule has 160 valence electrons. The lowest BCUT2D eigenvalue weighted by molar-refractivity contribution is 0.0112. The largest absolute Gasteiger partial charge is 0.466 e. The van der Waals surface area contributed by atoms with Crippen LogP contribution in [0.1, 0.15) is 13.8 Å². The van der Waals surface area contributed by atoms with E-state index in [0.29, 0.717) is 22.4 Å². The maximum atomic E-state index is 9.98. The molecule has 0 aliphatic heterocycles. The van der Waals surface area contributed by atoms with Crippen molar-refractivity contribution in [2.24, 2.45) is 0 Å². The van der Waals surface area contributed by atoms with E-state index in [0.717, 1.165) is 16.9 Å². The summed E-state index contributed by atoms with van der Waals surface area (Å²) in [5, 5.41) is 18.5. The fraction of sp³-hybridized carbons (Fsp3) is 0.333. The number of methoxy groups -OCH3 is 1. The Hall–Kier alpha value is -2.32. The predicted octanol–water partition coefficient (Wildman–Crippen LogP) is 4.45. The molecule has 2 N–H and O–H groups in total. The summed E-state index contributed by atoms with van der Waals surface area (Å²) in [7, 11) is 1.51. The molecular weight excluding hydrogens is 427 g/mol. The van der Waals surface area contributed by atoms with Crippen LogP contribution >= 0.6 is 23.2 Å². The molecule has 30 heavy (non-hydrogen) atoms. The minimum Gasteiger partial charge on any atom is -0.466 e. The fourth-order valence-electron chi connectivity index (χ4n) is 2.70. The normalized spacial score (nSPS) is 12.2. The van der Waals surface area contributed by atoms with Gasteiger partial charge in [-0.2, -0.15) is 4.98 Å². The lowest BCUT2D eigenvalue weighted by Gasteiger charge is -2.15. The maximum Gasteiger partial charge on any atom is 0.336 e. The smallest absolute Gasteiger partial charge is 0.336 e. The molecule has 3 rings (SSSR count). The third-order valence-corrected chi connectivity index (χ3v) is 4.96. The van der Waals surface area contributed by atoms with Gasteiger partial charge in [0.1, 0.15) is 0 Å². The van der Waals surface area contributed by atoms with Crippen LogP contribution in [0.15, 0.2) is 42.5 Å². The van der Waals surface area contributed by atoms with Crippen molar-refractivity contribution in [3.8, 4) is 23.1 Å². The summed E-state index contributed by atoms with van der Waals surface area (Å²) < 4.78 is 12.3. The molecule has 0 saturated carbocycles. The molecule has 3 aromatic rings. The zero-order valence-electron chi connectivity index (χ0n) is 17.0. The third kappa shape index (κ3) is 5.64. The van der Waals surface area contributed by atoms with Crippen molar-refractivity contribution >= 4 is 28.9 Å². The van der Waals surface area contributed by atoms with E-state index < -0.39 is 6.10 Å². The van der Waals surface area contributed by atoms with Crippen molar-refractivity contribution in [3.63, 3.8) is 0 Å². The average Bonchev–Trinajstić information content (AvgIpc) is 3.17. The molecule has 0 spiro atoms. The van der Waals surface area contributed by atoms with Crippen LogP contribution in [0.4, 0.5) is 5.69 Å². The summed E-state index contributed by atoms with van der Waals surface area (Å²) in [6, 6.07) is 13.1. The number of aliphatic hydroxyl groups is 1. The topological polar surface area (TPSA) is 81.4 Å². The van der Waals surface area contributed by atoms with E-state index in [9.17, 15) is 5.11 Å². The molecule has 0 radical (unpaired) electrons. The highest BCUT2D eigenvalue weighted by Gasteiger charge is 2.15. The summed E-state index contributed by atoms with van der Waals surface area (Å²) in [5.41, 5.74) is 2.42. The number of hydrogen-bond donors (Lipinski definition) is 2. The molecule has 0 saturated heterocycles. The molecule has 1 heterocycles. The van der Waals surface area contributed by atoms with Crippen LogP contribution in [0.2, 0.25) is 10.0 Å². The molecule has 0 aliphatic carbocycles. The molecule has 0 fully saturated rings. The van der Waals surface area contributed by atoms with Crippen molar-refractivity contribution in [1.29, 1.82) is 0 Å². The van der Waals surface area contributed by atoms with Crippen molar-refractivity contribution in [2.45, 2.75) is 26.1 Å². The van der Waals surface area contributed by atoms with Gasteiger partial charge >= 0.3 is 6.01 Å². The summed E-state index contributed by atoms with van der Waals surface area (Å²) in [5.74, 6) is 0.576. The lowest BCUT2D eigenvalue weighted by atomic mass is 10.2. The number of rotatable bonds is 9. The van der Waals surface area contributed by atoms with Crippen LogP contribution < -0.4 is 10.1 Å². The van der Waals surface area contributed by atoms with E-state index in [4.69, 9.17) is 32.7 Å². The van der Waals surface area contributed by atoms with Crippen molar-refractivity contribution in [3.05, 3.63) is 52.5 Å². The Kier molecular flexibility index (Phi) is 7.55. The van der Waals surface area contributed by atoms with Gasteiger partial charge in [-0.1, -0.05) is 23.2 Å². The molecule has 9 heteroatoms. The zero-order valence-corrected chi connectivity index (χ0v) is 18.5. The second-order valence-corrected chi connectivity index (χ2v) is 7.74. The average molecular weight is 451 g/mol. The fourth-order valence-corrected chi connectivity index (χ4v) is 3.00. The van der Waals surface area contributed by atoms with Crippen LogP contribution in [0.25, 0.3) is 17.1 Å². The Balaban J connectivity index is 1.77. The lowest BCUT2D eigenvalue weighted by Crippen LogP contribution is -2.26. The summed E-state index contributed by atoms with van der Waals surface area (Å²) in [6.45, 7) is 4.54. The Labute approximate surface area is 185 Å². The second-order valence-electron chi connectivity index (χ2n) is 6.93. The zero-order chi connectivity index (χ0) is 21.7. The van der Waals surface area contributed by atoms with Gasteiger partial charge in [0.25, 0.3) is 0 Å². The summed E-state index contributed by atoms with van der Waals surface area (Å²) in [4.78, 5) is 4.43. The number of halogens is 2. The van der Waals surface area contributed by atoms with Crippen LogP contribution in [0.3, 0.4) is 0 Å². The van der Waals surface area contributed by atoms with Crippen LogP contribution in [-0.4, -0.2) is 52.3 Å². The standard InChI is InChI=1S/C21H24Cl2N4O3/c1-13(2)30-12-17(28)11-24-15-5-7-16(8-6-15)27-20(25-21(26-27)29-3)14-4-9-18(22)19(23)10-14/h4-10,13,17,24,28H,11-12H2,1-3H3. The van der Waals surface area contributed by atoms with Gasteiger partial charge in [0.15, 0.2) is 5.82 Å². The first-order valence-electron chi connectivity index (χ1n) is 9.48. The Morgan fingerprint density at radius 3 is 2.47 bits per heavy atom. The van der Waals surface area contributed by atoms with Crippen molar-refractivity contribution in [1.82, 2.24) is 14.8 Å². The molecule has 0 bridgehead atoms. The Morgan fingerprint density at radius 1 is 1.10 bits per heavy atom. The molecule has 1 aromatic heterocycles. The monoisotopic (exact) mass is 450 g/mol. The highest BCUT2D eigenvalue weighted by molar-refractivity contribution is 6.42. The molecule has 1 atom stereocenters. The summed E-state index contributed by atoms with van der Waals surface area (Å²) >= 11 is 12.2. The van der Waals surface area contributed by atoms with Gasteiger partial charge in [0, 0.05) is 17.8 Å². The highest BCUT2D eigenvalue weighted by atomic mass is 35.5. The number of aromatic nitrogens is 3. The van der Waals surface area contributed by atoms with E-state index in [2.05, 4.69) is 15.4 Å². The van der Waals surface area contributed by atoms with E-state index in [-0.39, 0.29) is 18.7 Å². The number of benzene rings is 2. The van der Waals surface area contributed by atoms with Gasteiger partial charge in [-0.25, -0.2) is 4.68 Å². The predicted molar refractivity (Wildman–Crippen MR) is 119 cm³/mol.